The second-order valence-corrected chi connectivity index (χ2v) is 5.72. The Morgan fingerprint density at radius 1 is 1.47 bits per heavy atom. The average molecular weight is 263 g/mol. The van der Waals surface area contributed by atoms with E-state index in [0.29, 0.717) is 6.54 Å². The van der Waals surface area contributed by atoms with Gasteiger partial charge in [0.15, 0.2) is 0 Å². The Morgan fingerprint density at radius 3 is 2.95 bits per heavy atom. The summed E-state index contributed by atoms with van der Waals surface area (Å²) >= 11 is 0. The van der Waals surface area contributed by atoms with Gasteiger partial charge >= 0.3 is 0 Å². The SMILES string of the molecule is CCCNCc1ccc(N2CCCC(C)(O)C2)nc1. The van der Waals surface area contributed by atoms with Crippen molar-refractivity contribution in [3.63, 3.8) is 0 Å². The van der Waals surface area contributed by atoms with Crippen molar-refractivity contribution in [2.45, 2.75) is 45.3 Å². The van der Waals surface area contributed by atoms with E-state index in [1.807, 2.05) is 13.1 Å². The first-order chi connectivity index (χ1) is 9.11. The predicted molar refractivity (Wildman–Crippen MR) is 78.3 cm³/mol. The van der Waals surface area contributed by atoms with Gasteiger partial charge in [-0.3, -0.25) is 0 Å². The first kappa shape index (κ1) is 14.3. The fraction of sp³-hybridized carbons (Fsp3) is 0.667. The van der Waals surface area contributed by atoms with Crippen molar-refractivity contribution in [2.75, 3.05) is 24.5 Å². The Kier molecular flexibility index (Phi) is 4.77. The molecular weight excluding hydrogens is 238 g/mol. The van der Waals surface area contributed by atoms with Gasteiger partial charge in [-0.2, -0.15) is 0 Å². The van der Waals surface area contributed by atoms with Gasteiger partial charge in [-0.1, -0.05) is 13.0 Å². The van der Waals surface area contributed by atoms with Crippen LogP contribution in [-0.2, 0) is 6.54 Å². The van der Waals surface area contributed by atoms with Crippen LogP contribution in [0.4, 0.5) is 5.82 Å². The number of rotatable bonds is 5. The van der Waals surface area contributed by atoms with E-state index in [2.05, 4.69) is 34.3 Å². The van der Waals surface area contributed by atoms with Gasteiger partial charge in [0.05, 0.1) is 5.60 Å². The van der Waals surface area contributed by atoms with Gasteiger partial charge in [-0.25, -0.2) is 4.98 Å². The molecule has 0 bridgehead atoms. The molecule has 2 heterocycles. The fourth-order valence-corrected chi connectivity index (χ4v) is 2.53. The molecule has 4 nitrogen and oxygen atoms in total. The van der Waals surface area contributed by atoms with Crippen molar-refractivity contribution >= 4 is 5.82 Å². The van der Waals surface area contributed by atoms with Crippen LogP contribution >= 0.6 is 0 Å². The molecule has 1 atom stereocenters. The van der Waals surface area contributed by atoms with E-state index < -0.39 is 5.60 Å². The molecule has 0 aliphatic carbocycles. The standard InChI is InChI=1S/C15H25N3O/c1-3-8-16-10-13-5-6-14(17-11-13)18-9-4-7-15(2,19)12-18/h5-6,11,16,19H,3-4,7-10,12H2,1-2H3. The zero-order chi connectivity index (χ0) is 13.7. The van der Waals surface area contributed by atoms with Gasteiger partial charge in [0, 0.05) is 25.8 Å². The van der Waals surface area contributed by atoms with Crippen molar-refractivity contribution in [1.29, 1.82) is 0 Å². The van der Waals surface area contributed by atoms with E-state index in [9.17, 15) is 5.11 Å². The summed E-state index contributed by atoms with van der Waals surface area (Å²) in [5.41, 5.74) is 0.627. The molecule has 2 N–H and O–H groups in total. The van der Waals surface area contributed by atoms with Crippen molar-refractivity contribution < 1.29 is 5.11 Å². The van der Waals surface area contributed by atoms with E-state index in [1.165, 1.54) is 5.56 Å². The van der Waals surface area contributed by atoms with Crippen molar-refractivity contribution in [1.82, 2.24) is 10.3 Å². The molecule has 0 radical (unpaired) electrons. The highest BCUT2D eigenvalue weighted by Gasteiger charge is 2.28. The largest absolute Gasteiger partial charge is 0.388 e. The third-order valence-corrected chi connectivity index (χ3v) is 3.56. The molecule has 1 aromatic rings. The van der Waals surface area contributed by atoms with Crippen LogP contribution in [0.3, 0.4) is 0 Å². The van der Waals surface area contributed by atoms with Crippen molar-refractivity contribution in [3.05, 3.63) is 23.9 Å². The molecule has 4 heteroatoms. The van der Waals surface area contributed by atoms with Crippen molar-refractivity contribution in [2.24, 2.45) is 0 Å². The van der Waals surface area contributed by atoms with E-state index in [-0.39, 0.29) is 0 Å². The second kappa shape index (κ2) is 6.35. The minimum absolute atomic E-state index is 0.582. The highest BCUT2D eigenvalue weighted by atomic mass is 16.3. The summed E-state index contributed by atoms with van der Waals surface area (Å²) in [6.07, 6.45) is 4.98. The Hall–Kier alpha value is -1.13. The zero-order valence-corrected chi connectivity index (χ0v) is 12.0. The Labute approximate surface area is 115 Å². The topological polar surface area (TPSA) is 48.4 Å². The Bertz CT molecular complexity index is 389. The summed E-state index contributed by atoms with van der Waals surface area (Å²) in [4.78, 5) is 6.69. The summed E-state index contributed by atoms with van der Waals surface area (Å²) in [7, 11) is 0. The molecule has 1 aliphatic heterocycles. The predicted octanol–water partition coefficient (Wildman–Crippen LogP) is 1.93. The maximum Gasteiger partial charge on any atom is 0.128 e. The molecular formula is C15H25N3O. The molecule has 1 aliphatic rings. The molecule has 0 saturated carbocycles. The van der Waals surface area contributed by atoms with E-state index >= 15 is 0 Å². The number of hydrogen-bond donors (Lipinski definition) is 2. The van der Waals surface area contributed by atoms with Crippen LogP contribution in [0.25, 0.3) is 0 Å². The lowest BCUT2D eigenvalue weighted by Crippen LogP contribution is -2.46. The van der Waals surface area contributed by atoms with Crippen LogP contribution < -0.4 is 10.2 Å². The number of nitrogens with one attached hydrogen (secondary N) is 1. The summed E-state index contributed by atoms with van der Waals surface area (Å²) < 4.78 is 0. The molecule has 19 heavy (non-hydrogen) atoms. The van der Waals surface area contributed by atoms with Crippen LogP contribution in [0, 0.1) is 0 Å². The summed E-state index contributed by atoms with van der Waals surface area (Å²) in [6, 6.07) is 4.18. The number of hydrogen-bond acceptors (Lipinski definition) is 4. The maximum atomic E-state index is 10.1. The first-order valence-electron chi connectivity index (χ1n) is 7.24. The smallest absolute Gasteiger partial charge is 0.128 e. The number of aromatic nitrogens is 1. The highest BCUT2D eigenvalue weighted by Crippen LogP contribution is 2.24. The van der Waals surface area contributed by atoms with E-state index in [1.54, 1.807) is 0 Å². The van der Waals surface area contributed by atoms with Crippen LogP contribution in [0.15, 0.2) is 18.3 Å². The number of piperidine rings is 1. The van der Waals surface area contributed by atoms with E-state index in [0.717, 1.165) is 44.7 Å². The van der Waals surface area contributed by atoms with Gasteiger partial charge in [-0.15, -0.1) is 0 Å². The van der Waals surface area contributed by atoms with Crippen molar-refractivity contribution in [3.8, 4) is 0 Å². The fourth-order valence-electron chi connectivity index (χ4n) is 2.53. The number of pyridine rings is 1. The van der Waals surface area contributed by atoms with Crippen LogP contribution in [0.2, 0.25) is 0 Å². The Balaban J connectivity index is 1.94. The summed E-state index contributed by atoms with van der Waals surface area (Å²) in [6.45, 7) is 7.64. The van der Waals surface area contributed by atoms with Crippen LogP contribution in [0.5, 0.6) is 0 Å². The first-order valence-corrected chi connectivity index (χ1v) is 7.24. The average Bonchev–Trinajstić information content (AvgIpc) is 2.39. The van der Waals surface area contributed by atoms with Gasteiger partial charge < -0.3 is 15.3 Å². The molecule has 0 spiro atoms. The molecule has 1 aromatic heterocycles. The lowest BCUT2D eigenvalue weighted by molar-refractivity contribution is 0.0447. The number of aliphatic hydroxyl groups is 1. The quantitative estimate of drug-likeness (QED) is 0.797. The number of nitrogens with zero attached hydrogens (tertiary/aromatic N) is 2. The molecule has 1 saturated heterocycles. The van der Waals surface area contributed by atoms with Gasteiger partial charge in [0.1, 0.15) is 5.82 Å². The second-order valence-electron chi connectivity index (χ2n) is 5.72. The van der Waals surface area contributed by atoms with Crippen LogP contribution in [-0.4, -0.2) is 35.3 Å². The minimum Gasteiger partial charge on any atom is -0.388 e. The monoisotopic (exact) mass is 263 g/mol. The van der Waals surface area contributed by atoms with Gasteiger partial charge in [-0.05, 0) is 44.4 Å². The molecule has 1 fully saturated rings. The number of anilines is 1. The third kappa shape index (κ3) is 4.18. The highest BCUT2D eigenvalue weighted by molar-refractivity contribution is 5.40. The molecule has 0 amide bonds. The normalized spacial score (nSPS) is 23.6. The summed E-state index contributed by atoms with van der Waals surface area (Å²) in [5.74, 6) is 0.971. The lowest BCUT2D eigenvalue weighted by atomic mass is 9.95. The summed E-state index contributed by atoms with van der Waals surface area (Å²) in [5, 5.41) is 13.5. The molecule has 106 valence electrons. The third-order valence-electron chi connectivity index (χ3n) is 3.56. The van der Waals surface area contributed by atoms with Crippen LogP contribution in [0.1, 0.15) is 38.7 Å². The maximum absolute atomic E-state index is 10.1. The van der Waals surface area contributed by atoms with Gasteiger partial charge in [0.25, 0.3) is 0 Å². The molecule has 1 unspecified atom stereocenters. The van der Waals surface area contributed by atoms with E-state index in [4.69, 9.17) is 0 Å². The molecule has 2 rings (SSSR count). The van der Waals surface area contributed by atoms with Gasteiger partial charge in [0.2, 0.25) is 0 Å². The number of β-amino-alcohol motifs (C(OH)–C–C–N with tert-alkyl or cyclic N) is 1. The minimum atomic E-state index is -0.582. The lowest BCUT2D eigenvalue weighted by Gasteiger charge is -2.37. The zero-order valence-electron chi connectivity index (χ0n) is 12.0. The Morgan fingerprint density at radius 2 is 2.32 bits per heavy atom. The molecule has 0 aromatic carbocycles.